The van der Waals surface area contributed by atoms with Gasteiger partial charge in [-0.3, -0.25) is 20.4 Å². The minimum atomic E-state index is -0.400. The fraction of sp³-hybridized carbons (Fsp3) is 0.125. The third-order valence-corrected chi connectivity index (χ3v) is 4.19. The van der Waals surface area contributed by atoms with Crippen molar-refractivity contribution in [2.45, 2.75) is 9.79 Å². The molecule has 0 fully saturated rings. The van der Waals surface area contributed by atoms with E-state index in [0.717, 1.165) is 15.5 Å². The maximum Gasteiger partial charge on any atom is 0.253 e. The Morgan fingerprint density at radius 3 is 1.83 bits per heavy atom. The second kappa shape index (κ2) is 8.92. The van der Waals surface area contributed by atoms with E-state index >= 15 is 0 Å². The summed E-state index contributed by atoms with van der Waals surface area (Å²) in [6.07, 6.45) is 0. The van der Waals surface area contributed by atoms with Gasteiger partial charge in [-0.05, 0) is 36.4 Å². The molecule has 8 heteroatoms. The van der Waals surface area contributed by atoms with Crippen LogP contribution in [0.25, 0.3) is 0 Å². The number of carbonyl (C=O) groups excluding carboxylic acids is 2. The highest BCUT2D eigenvalue weighted by molar-refractivity contribution is 7.99. The minimum Gasteiger partial charge on any atom is -0.353 e. The number of hydrazine groups is 2. The van der Waals surface area contributed by atoms with E-state index in [2.05, 4.69) is 10.9 Å². The van der Waals surface area contributed by atoms with Crippen molar-refractivity contribution in [3.63, 3.8) is 0 Å². The quantitative estimate of drug-likeness (QED) is 0.332. The number of anilines is 1. The molecule has 0 aliphatic rings. The molecule has 2 amide bonds. The molecule has 0 saturated carbocycles. The summed E-state index contributed by atoms with van der Waals surface area (Å²) in [7, 11) is 0. The zero-order valence-electron chi connectivity index (χ0n) is 12.9. The van der Waals surface area contributed by atoms with E-state index in [1.165, 1.54) is 0 Å². The first-order valence-corrected chi connectivity index (χ1v) is 8.01. The Bertz CT molecular complexity index is 661. The lowest BCUT2D eigenvalue weighted by atomic mass is 10.2. The number of hydrogen-bond acceptors (Lipinski definition) is 6. The van der Waals surface area contributed by atoms with E-state index in [1.54, 1.807) is 16.7 Å². The molecule has 0 unspecified atom stereocenters. The van der Waals surface area contributed by atoms with Crippen LogP contribution in [0.3, 0.4) is 0 Å². The first kappa shape index (κ1) is 17.8. The van der Waals surface area contributed by atoms with Gasteiger partial charge in [0.25, 0.3) is 11.8 Å². The van der Waals surface area contributed by atoms with Crippen LogP contribution in [0, 0.1) is 0 Å². The second-order valence-electron chi connectivity index (χ2n) is 4.90. The number of rotatable bonds is 7. The number of nitrogens with zero attached hydrogens (tertiary/aromatic N) is 1. The van der Waals surface area contributed by atoms with Gasteiger partial charge in [0.1, 0.15) is 0 Å². The fourth-order valence-electron chi connectivity index (χ4n) is 2.03. The largest absolute Gasteiger partial charge is 0.353 e. The van der Waals surface area contributed by atoms with Gasteiger partial charge in [-0.2, -0.15) is 0 Å². The predicted octanol–water partition coefficient (Wildman–Crippen LogP) is 0.624. The Hall–Kier alpha value is -2.55. The van der Waals surface area contributed by atoms with Gasteiger partial charge in [-0.15, -0.1) is 0 Å². The highest BCUT2D eigenvalue weighted by Gasteiger charge is 2.14. The lowest BCUT2D eigenvalue weighted by Crippen LogP contribution is -2.46. The highest BCUT2D eigenvalue weighted by Crippen LogP contribution is 2.28. The molecule has 24 heavy (non-hydrogen) atoms. The number of hydrogen-bond donors (Lipinski definition) is 4. The van der Waals surface area contributed by atoms with Crippen LogP contribution in [0.2, 0.25) is 0 Å². The van der Waals surface area contributed by atoms with Crippen molar-refractivity contribution >= 4 is 29.3 Å². The van der Waals surface area contributed by atoms with Crippen molar-refractivity contribution in [3.8, 4) is 0 Å². The van der Waals surface area contributed by atoms with Crippen molar-refractivity contribution in [1.82, 2.24) is 10.9 Å². The molecule has 0 atom stereocenters. The SMILES string of the molecule is NNC(=O)CN(CC(=O)NN)c1ccc(Sc2ccccc2)cc1. The standard InChI is InChI=1S/C16H19N5O2S/c17-19-15(22)10-21(11-16(23)20-18)12-6-8-14(9-7-12)24-13-4-2-1-3-5-13/h1-9H,10-11,17-18H2,(H,19,22)(H,20,23). The molecular weight excluding hydrogens is 326 g/mol. The monoisotopic (exact) mass is 345 g/mol. The Labute approximate surface area is 144 Å². The minimum absolute atomic E-state index is 0.0465. The lowest BCUT2D eigenvalue weighted by Gasteiger charge is -2.23. The molecular formula is C16H19N5O2S. The smallest absolute Gasteiger partial charge is 0.253 e. The molecule has 6 N–H and O–H groups in total. The topological polar surface area (TPSA) is 113 Å². The molecule has 126 valence electrons. The normalized spacial score (nSPS) is 10.1. The fourth-order valence-corrected chi connectivity index (χ4v) is 2.86. The third-order valence-electron chi connectivity index (χ3n) is 3.17. The van der Waals surface area contributed by atoms with E-state index in [0.29, 0.717) is 0 Å². The Morgan fingerprint density at radius 1 is 0.833 bits per heavy atom. The average Bonchev–Trinajstić information content (AvgIpc) is 2.62. The first-order chi connectivity index (χ1) is 11.6. The lowest BCUT2D eigenvalue weighted by molar-refractivity contribution is -0.120. The summed E-state index contributed by atoms with van der Waals surface area (Å²) in [5, 5.41) is 0. The summed E-state index contributed by atoms with van der Waals surface area (Å²) in [6, 6.07) is 17.5. The summed E-state index contributed by atoms with van der Waals surface area (Å²) in [5.41, 5.74) is 4.83. The molecule has 2 rings (SSSR count). The van der Waals surface area contributed by atoms with Crippen LogP contribution in [0.1, 0.15) is 0 Å². The molecule has 0 heterocycles. The summed E-state index contributed by atoms with van der Waals surface area (Å²) in [5.74, 6) is 9.43. The van der Waals surface area contributed by atoms with Gasteiger partial charge >= 0.3 is 0 Å². The van der Waals surface area contributed by atoms with Gasteiger partial charge in [0, 0.05) is 15.5 Å². The molecule has 2 aromatic carbocycles. The van der Waals surface area contributed by atoms with Crippen molar-refractivity contribution in [1.29, 1.82) is 0 Å². The maximum absolute atomic E-state index is 11.5. The Balaban J connectivity index is 2.11. The molecule has 0 spiro atoms. The predicted molar refractivity (Wildman–Crippen MR) is 93.9 cm³/mol. The van der Waals surface area contributed by atoms with Crippen molar-refractivity contribution in [2.24, 2.45) is 11.7 Å². The maximum atomic E-state index is 11.5. The van der Waals surface area contributed by atoms with Crippen LogP contribution >= 0.6 is 11.8 Å². The molecule has 0 aliphatic carbocycles. The Morgan fingerprint density at radius 2 is 1.33 bits per heavy atom. The number of amides is 2. The zero-order chi connectivity index (χ0) is 17.4. The average molecular weight is 345 g/mol. The van der Waals surface area contributed by atoms with Crippen molar-refractivity contribution in [2.75, 3.05) is 18.0 Å². The van der Waals surface area contributed by atoms with Crippen molar-refractivity contribution < 1.29 is 9.59 Å². The second-order valence-corrected chi connectivity index (χ2v) is 6.05. The number of nitrogens with one attached hydrogen (secondary N) is 2. The molecule has 0 aromatic heterocycles. The van der Waals surface area contributed by atoms with Crippen LogP contribution in [-0.4, -0.2) is 24.9 Å². The van der Waals surface area contributed by atoms with E-state index in [1.807, 2.05) is 54.6 Å². The third kappa shape index (κ3) is 5.27. The van der Waals surface area contributed by atoms with Gasteiger partial charge in [-0.25, -0.2) is 11.7 Å². The summed E-state index contributed by atoms with van der Waals surface area (Å²) < 4.78 is 0. The van der Waals surface area contributed by atoms with Crippen LogP contribution in [0.5, 0.6) is 0 Å². The molecule has 0 radical (unpaired) electrons. The molecule has 2 aromatic rings. The van der Waals surface area contributed by atoms with Crippen molar-refractivity contribution in [3.05, 3.63) is 54.6 Å². The molecule has 0 aliphatic heterocycles. The van der Waals surface area contributed by atoms with Gasteiger partial charge in [0.05, 0.1) is 13.1 Å². The molecule has 0 saturated heterocycles. The van der Waals surface area contributed by atoms with Gasteiger partial charge in [0.2, 0.25) is 0 Å². The molecule has 7 nitrogen and oxygen atoms in total. The summed E-state index contributed by atoms with van der Waals surface area (Å²) >= 11 is 1.63. The van der Waals surface area contributed by atoms with E-state index in [9.17, 15) is 9.59 Å². The van der Waals surface area contributed by atoms with Gasteiger partial charge < -0.3 is 4.90 Å². The number of carbonyl (C=O) groups is 2. The number of nitrogens with two attached hydrogens (primary N) is 2. The summed E-state index contributed by atoms with van der Waals surface area (Å²) in [6.45, 7) is -0.0931. The van der Waals surface area contributed by atoms with Gasteiger partial charge in [-0.1, -0.05) is 30.0 Å². The van der Waals surface area contributed by atoms with Crippen LogP contribution in [0.4, 0.5) is 5.69 Å². The first-order valence-electron chi connectivity index (χ1n) is 7.19. The van der Waals surface area contributed by atoms with Crippen LogP contribution < -0.4 is 27.4 Å². The summed E-state index contributed by atoms with van der Waals surface area (Å²) in [4.78, 5) is 26.8. The van der Waals surface area contributed by atoms with Gasteiger partial charge in [0.15, 0.2) is 0 Å². The Kier molecular flexibility index (Phi) is 6.62. The zero-order valence-corrected chi connectivity index (χ0v) is 13.8. The van der Waals surface area contributed by atoms with E-state index in [4.69, 9.17) is 11.7 Å². The molecule has 0 bridgehead atoms. The van der Waals surface area contributed by atoms with Crippen LogP contribution in [-0.2, 0) is 9.59 Å². The van der Waals surface area contributed by atoms with E-state index in [-0.39, 0.29) is 13.1 Å². The number of benzene rings is 2. The van der Waals surface area contributed by atoms with E-state index < -0.39 is 11.8 Å². The highest BCUT2D eigenvalue weighted by atomic mass is 32.2. The van der Waals surface area contributed by atoms with Crippen LogP contribution in [0.15, 0.2) is 64.4 Å².